The first-order valence-electron chi connectivity index (χ1n) is 11.2. The van der Waals surface area contributed by atoms with Gasteiger partial charge in [-0.25, -0.2) is 4.98 Å². The second-order valence-corrected chi connectivity index (χ2v) is 8.97. The van der Waals surface area contributed by atoms with Crippen LogP contribution in [0.3, 0.4) is 0 Å². The number of halogens is 5. The number of carbonyl (C=O) groups is 1. The summed E-state index contributed by atoms with van der Waals surface area (Å²) in [7, 11) is 0. The van der Waals surface area contributed by atoms with Gasteiger partial charge in [0.1, 0.15) is 11.4 Å². The van der Waals surface area contributed by atoms with Gasteiger partial charge in [0.05, 0.1) is 23.3 Å². The molecule has 0 bridgehead atoms. The fraction of sp³-hybridized carbons (Fsp3) is 0.308. The van der Waals surface area contributed by atoms with Crippen LogP contribution < -0.4 is 15.0 Å². The smallest absolute Gasteiger partial charge is 0.433 e. The van der Waals surface area contributed by atoms with Crippen molar-refractivity contribution < 1.29 is 31.5 Å². The van der Waals surface area contributed by atoms with Gasteiger partial charge in [0.2, 0.25) is 5.91 Å². The van der Waals surface area contributed by atoms with Crippen LogP contribution in [-0.2, 0) is 16.5 Å². The summed E-state index contributed by atoms with van der Waals surface area (Å²) in [6.07, 6.45) is -4.26. The maximum Gasteiger partial charge on any atom is 0.433 e. The molecule has 0 saturated carbocycles. The van der Waals surface area contributed by atoms with Crippen LogP contribution in [0.1, 0.15) is 43.3 Å². The van der Waals surface area contributed by atoms with Crippen molar-refractivity contribution in [1.82, 2.24) is 10.3 Å². The van der Waals surface area contributed by atoms with E-state index in [4.69, 9.17) is 0 Å². The van der Waals surface area contributed by atoms with E-state index in [2.05, 4.69) is 15.0 Å². The molecule has 0 radical (unpaired) electrons. The third-order valence-electron chi connectivity index (χ3n) is 6.05. The fourth-order valence-corrected chi connectivity index (χ4v) is 4.38. The van der Waals surface area contributed by atoms with Gasteiger partial charge in [-0.3, -0.25) is 10.1 Å². The predicted octanol–water partition coefficient (Wildman–Crippen LogP) is 6.07. The number of nitrogens with zero attached hydrogens (tertiary/aromatic N) is 2. The van der Waals surface area contributed by atoms with Crippen LogP contribution >= 0.6 is 0 Å². The Morgan fingerprint density at radius 3 is 2.19 bits per heavy atom. The molecular formula is C26H24F5N3O2. The van der Waals surface area contributed by atoms with Crippen LogP contribution in [0, 0.1) is 0 Å². The molecule has 0 unspecified atom stereocenters. The van der Waals surface area contributed by atoms with Gasteiger partial charge in [-0.1, -0.05) is 36.4 Å². The second kappa shape index (κ2) is 9.85. The third kappa shape index (κ3) is 5.48. The lowest BCUT2D eigenvalue weighted by Crippen LogP contribution is -2.48. The standard InChI is InChI=1S/C26H24F5N3O2/c1-25(2,21-9-6-10-22(32-21)26(29,30)31)33-19-15-20(16-7-4-3-5-8-16)34(23(19)35)17-11-13-18(14-12-17)36-24(27)28/h3-14,19-20,24,33H,15H2,1-2H3/t19-,20-/m1/s1. The van der Waals surface area contributed by atoms with E-state index in [1.54, 1.807) is 18.7 Å². The largest absolute Gasteiger partial charge is 0.435 e. The molecule has 1 aromatic heterocycles. The molecule has 2 atom stereocenters. The van der Waals surface area contributed by atoms with Crippen molar-refractivity contribution in [3.05, 3.63) is 89.7 Å². The number of rotatable bonds is 7. The number of hydrogen-bond donors (Lipinski definition) is 1. The zero-order valence-corrected chi connectivity index (χ0v) is 19.5. The van der Waals surface area contributed by atoms with Gasteiger partial charge in [-0.2, -0.15) is 22.0 Å². The third-order valence-corrected chi connectivity index (χ3v) is 6.05. The van der Waals surface area contributed by atoms with E-state index in [0.717, 1.165) is 11.6 Å². The molecule has 0 aliphatic carbocycles. The first kappa shape index (κ1) is 25.6. The molecule has 2 heterocycles. The fourth-order valence-electron chi connectivity index (χ4n) is 4.38. The topological polar surface area (TPSA) is 54.5 Å². The summed E-state index contributed by atoms with van der Waals surface area (Å²) in [6, 6.07) is 17.6. The van der Waals surface area contributed by atoms with Crippen LogP contribution in [0.25, 0.3) is 0 Å². The highest BCUT2D eigenvalue weighted by molar-refractivity contribution is 6.00. The summed E-state index contributed by atoms with van der Waals surface area (Å²) < 4.78 is 69.1. The number of benzene rings is 2. The normalized spacial score (nSPS) is 18.7. The van der Waals surface area contributed by atoms with Gasteiger partial charge in [0.15, 0.2) is 0 Å². The zero-order valence-electron chi connectivity index (χ0n) is 19.5. The number of pyridine rings is 1. The molecule has 190 valence electrons. The number of anilines is 1. The minimum absolute atomic E-state index is 0.0388. The first-order valence-corrected chi connectivity index (χ1v) is 11.2. The number of hydrogen-bond acceptors (Lipinski definition) is 4. The summed E-state index contributed by atoms with van der Waals surface area (Å²) in [5.74, 6) is -0.338. The van der Waals surface area contributed by atoms with Crippen molar-refractivity contribution in [3.63, 3.8) is 0 Å². The average Bonchev–Trinajstić information content (AvgIpc) is 3.14. The Bertz CT molecular complexity index is 1200. The maximum absolute atomic E-state index is 13.6. The van der Waals surface area contributed by atoms with Crippen LogP contribution in [0.5, 0.6) is 5.75 Å². The molecule has 3 aromatic rings. The van der Waals surface area contributed by atoms with Crippen LogP contribution in [-0.4, -0.2) is 23.5 Å². The van der Waals surface area contributed by atoms with Gasteiger partial charge in [-0.05, 0) is 62.2 Å². The van der Waals surface area contributed by atoms with Gasteiger partial charge in [0, 0.05) is 5.69 Å². The maximum atomic E-state index is 13.6. The lowest BCUT2D eigenvalue weighted by Gasteiger charge is -2.29. The lowest BCUT2D eigenvalue weighted by atomic mass is 9.96. The quantitative estimate of drug-likeness (QED) is 0.396. The van der Waals surface area contributed by atoms with Crippen molar-refractivity contribution in [1.29, 1.82) is 0 Å². The summed E-state index contributed by atoms with van der Waals surface area (Å²) in [4.78, 5) is 18.9. The number of alkyl halides is 5. The van der Waals surface area contributed by atoms with Crippen LogP contribution in [0.15, 0.2) is 72.8 Å². The van der Waals surface area contributed by atoms with Crippen molar-refractivity contribution in [2.75, 3.05) is 4.90 Å². The summed E-state index contributed by atoms with van der Waals surface area (Å²) in [5.41, 5.74) is -0.586. The summed E-state index contributed by atoms with van der Waals surface area (Å²) in [5, 5.41) is 3.19. The number of nitrogens with one attached hydrogen (secondary N) is 1. The van der Waals surface area contributed by atoms with Gasteiger partial charge >= 0.3 is 12.8 Å². The molecule has 5 nitrogen and oxygen atoms in total. The molecule has 2 aromatic carbocycles. The van der Waals surface area contributed by atoms with Gasteiger partial charge < -0.3 is 9.64 Å². The lowest BCUT2D eigenvalue weighted by molar-refractivity contribution is -0.141. The first-order chi connectivity index (χ1) is 17.0. The van der Waals surface area contributed by atoms with E-state index in [0.29, 0.717) is 12.1 Å². The Morgan fingerprint density at radius 2 is 1.58 bits per heavy atom. The summed E-state index contributed by atoms with van der Waals surface area (Å²) in [6.45, 7) is 0.361. The van der Waals surface area contributed by atoms with Crippen molar-refractivity contribution in [2.45, 2.75) is 50.7 Å². The van der Waals surface area contributed by atoms with E-state index in [-0.39, 0.29) is 23.4 Å². The SMILES string of the molecule is CC(C)(N[C@@H]1C[C@H](c2ccccc2)N(c2ccc(OC(F)F)cc2)C1=O)c1cccc(C(F)(F)F)n1. The van der Waals surface area contributed by atoms with E-state index >= 15 is 0 Å². The number of ether oxygens (including phenoxy) is 1. The van der Waals surface area contributed by atoms with Gasteiger partial charge in [0.25, 0.3) is 0 Å². The minimum Gasteiger partial charge on any atom is -0.435 e. The van der Waals surface area contributed by atoms with Gasteiger partial charge in [-0.15, -0.1) is 0 Å². The number of amides is 1. The second-order valence-electron chi connectivity index (χ2n) is 8.97. The Labute approximate surface area is 204 Å². The molecule has 1 aliphatic rings. The van der Waals surface area contributed by atoms with Crippen LogP contribution in [0.2, 0.25) is 0 Å². The van der Waals surface area contributed by atoms with E-state index in [1.165, 1.54) is 36.4 Å². The molecule has 4 rings (SSSR count). The Kier molecular flexibility index (Phi) is 6.99. The van der Waals surface area contributed by atoms with Crippen LogP contribution in [0.4, 0.5) is 27.6 Å². The monoisotopic (exact) mass is 505 g/mol. The zero-order chi connectivity index (χ0) is 26.1. The van der Waals surface area contributed by atoms with Crippen molar-refractivity contribution in [3.8, 4) is 5.75 Å². The molecule has 36 heavy (non-hydrogen) atoms. The Morgan fingerprint density at radius 1 is 0.944 bits per heavy atom. The highest BCUT2D eigenvalue weighted by atomic mass is 19.4. The Balaban J connectivity index is 1.64. The number of aromatic nitrogens is 1. The highest BCUT2D eigenvalue weighted by Gasteiger charge is 2.44. The molecule has 1 N–H and O–H groups in total. The molecule has 0 spiro atoms. The van der Waals surface area contributed by atoms with Crippen molar-refractivity contribution in [2.24, 2.45) is 0 Å². The van der Waals surface area contributed by atoms with E-state index in [9.17, 15) is 26.7 Å². The average molecular weight is 505 g/mol. The van der Waals surface area contributed by atoms with E-state index < -0.39 is 30.1 Å². The minimum atomic E-state index is -4.59. The molecular weight excluding hydrogens is 481 g/mol. The Hall–Kier alpha value is -3.53. The summed E-state index contributed by atoms with van der Waals surface area (Å²) >= 11 is 0. The predicted molar refractivity (Wildman–Crippen MR) is 124 cm³/mol. The van der Waals surface area contributed by atoms with E-state index in [1.807, 2.05) is 30.3 Å². The molecule has 10 heteroatoms. The van der Waals surface area contributed by atoms with Crippen molar-refractivity contribution >= 4 is 11.6 Å². The molecule has 1 amide bonds. The highest BCUT2D eigenvalue weighted by Crippen LogP contribution is 2.39. The molecule has 1 aliphatic heterocycles. The molecule has 1 saturated heterocycles. The molecule has 1 fully saturated rings. The number of carbonyl (C=O) groups excluding carboxylic acids is 1.